The first-order valence-electron chi connectivity index (χ1n) is 4.18. The molecule has 0 radical (unpaired) electrons. The molecule has 0 unspecified atom stereocenters. The lowest BCUT2D eigenvalue weighted by atomic mass is 10.2. The third-order valence-corrected chi connectivity index (χ3v) is 2.44. The van der Waals surface area contributed by atoms with Gasteiger partial charge in [0.1, 0.15) is 5.75 Å². The largest absolute Gasteiger partial charge is 0.485 e. The Morgan fingerprint density at radius 2 is 2.20 bits per heavy atom. The molecule has 1 aromatic rings. The number of aldehydes is 1. The quantitative estimate of drug-likeness (QED) is 0.628. The number of rotatable bonds is 4. The van der Waals surface area contributed by atoms with Crippen LogP contribution in [0.4, 0.5) is 8.78 Å². The highest BCUT2D eigenvalue weighted by molar-refractivity contribution is 14.1. The standard InChI is InChI=1S/C10H9F2IO2/c1-10(11,12)6-15-9-7(5-14)3-2-4-8(9)13/h2-5H,6H2,1H3. The third-order valence-electron chi connectivity index (χ3n) is 1.59. The minimum absolute atomic E-state index is 0.217. The first-order valence-corrected chi connectivity index (χ1v) is 5.26. The van der Waals surface area contributed by atoms with Crippen LogP contribution in [0.25, 0.3) is 0 Å². The zero-order valence-corrected chi connectivity index (χ0v) is 10.1. The summed E-state index contributed by atoms with van der Waals surface area (Å²) in [6.45, 7) is 0.0389. The number of hydrogen-bond donors (Lipinski definition) is 0. The molecule has 0 aliphatic heterocycles. The van der Waals surface area contributed by atoms with Crippen LogP contribution in [0.15, 0.2) is 18.2 Å². The summed E-state index contributed by atoms with van der Waals surface area (Å²) in [4.78, 5) is 10.6. The molecule has 0 aliphatic rings. The Balaban J connectivity index is 2.88. The monoisotopic (exact) mass is 326 g/mol. The summed E-state index contributed by atoms with van der Waals surface area (Å²) in [5.74, 6) is -2.69. The number of benzene rings is 1. The number of hydrogen-bond acceptors (Lipinski definition) is 2. The maximum atomic E-state index is 12.6. The van der Waals surface area contributed by atoms with Gasteiger partial charge in [-0.1, -0.05) is 6.07 Å². The summed E-state index contributed by atoms with van der Waals surface area (Å²) >= 11 is 1.93. The van der Waals surface area contributed by atoms with E-state index in [0.29, 0.717) is 9.86 Å². The van der Waals surface area contributed by atoms with Gasteiger partial charge in [0.25, 0.3) is 5.92 Å². The number of carbonyl (C=O) groups excluding carboxylic acids is 1. The third kappa shape index (κ3) is 3.73. The van der Waals surface area contributed by atoms with E-state index in [9.17, 15) is 13.6 Å². The Morgan fingerprint density at radius 1 is 1.53 bits per heavy atom. The van der Waals surface area contributed by atoms with Crippen molar-refractivity contribution >= 4 is 28.9 Å². The summed E-state index contributed by atoms with van der Waals surface area (Å²) in [5, 5.41) is 0. The summed E-state index contributed by atoms with van der Waals surface area (Å²) in [7, 11) is 0. The van der Waals surface area contributed by atoms with Gasteiger partial charge in [0.2, 0.25) is 0 Å². The molecule has 15 heavy (non-hydrogen) atoms. The van der Waals surface area contributed by atoms with E-state index < -0.39 is 12.5 Å². The topological polar surface area (TPSA) is 26.3 Å². The van der Waals surface area contributed by atoms with Gasteiger partial charge in [0.15, 0.2) is 12.9 Å². The lowest BCUT2D eigenvalue weighted by Crippen LogP contribution is -2.21. The van der Waals surface area contributed by atoms with Crippen LogP contribution in [0, 0.1) is 3.57 Å². The van der Waals surface area contributed by atoms with E-state index in [1.807, 2.05) is 22.6 Å². The van der Waals surface area contributed by atoms with E-state index in [2.05, 4.69) is 0 Å². The average molecular weight is 326 g/mol. The molecule has 0 atom stereocenters. The number of ether oxygens (including phenoxy) is 1. The minimum atomic E-state index is -2.90. The molecule has 0 heterocycles. The van der Waals surface area contributed by atoms with Crippen molar-refractivity contribution < 1.29 is 18.3 Å². The van der Waals surface area contributed by atoms with Crippen LogP contribution in [-0.2, 0) is 0 Å². The van der Waals surface area contributed by atoms with E-state index in [0.717, 1.165) is 6.92 Å². The summed E-state index contributed by atoms with van der Waals surface area (Å²) in [6, 6.07) is 4.89. The lowest BCUT2D eigenvalue weighted by Gasteiger charge is -2.14. The number of para-hydroxylation sites is 1. The summed E-state index contributed by atoms with van der Waals surface area (Å²) in [5.41, 5.74) is 0.283. The van der Waals surface area contributed by atoms with E-state index in [1.54, 1.807) is 12.1 Å². The second-order valence-electron chi connectivity index (χ2n) is 3.13. The van der Waals surface area contributed by atoms with Crippen LogP contribution in [-0.4, -0.2) is 18.8 Å². The summed E-state index contributed by atoms with van der Waals surface area (Å²) in [6.07, 6.45) is 0.589. The average Bonchev–Trinajstić information content (AvgIpc) is 2.14. The molecule has 0 fully saturated rings. The van der Waals surface area contributed by atoms with Crippen LogP contribution in [0.5, 0.6) is 5.75 Å². The van der Waals surface area contributed by atoms with Gasteiger partial charge >= 0.3 is 0 Å². The Bertz CT molecular complexity index is 361. The normalized spacial score (nSPS) is 11.2. The highest BCUT2D eigenvalue weighted by Crippen LogP contribution is 2.26. The van der Waals surface area contributed by atoms with E-state index in [4.69, 9.17) is 4.74 Å². The molecule has 0 aliphatic carbocycles. The zero-order chi connectivity index (χ0) is 11.5. The van der Waals surface area contributed by atoms with Gasteiger partial charge in [0.05, 0.1) is 9.13 Å². The fourth-order valence-corrected chi connectivity index (χ4v) is 1.64. The van der Waals surface area contributed by atoms with Gasteiger partial charge in [-0.15, -0.1) is 0 Å². The Labute approximate surface area is 99.8 Å². The van der Waals surface area contributed by atoms with Crippen molar-refractivity contribution in [2.24, 2.45) is 0 Å². The van der Waals surface area contributed by atoms with Gasteiger partial charge in [-0.25, -0.2) is 8.78 Å². The van der Waals surface area contributed by atoms with Crippen molar-refractivity contribution in [3.05, 3.63) is 27.3 Å². The molecule has 0 aromatic heterocycles. The second-order valence-corrected chi connectivity index (χ2v) is 4.30. The number of carbonyl (C=O) groups is 1. The van der Waals surface area contributed by atoms with Crippen LogP contribution in [0.3, 0.4) is 0 Å². The molecule has 1 rings (SSSR count). The fourth-order valence-electron chi connectivity index (χ4n) is 0.969. The Kier molecular flexibility index (Phi) is 4.01. The molecule has 5 heteroatoms. The molecule has 1 aromatic carbocycles. The molecule has 0 N–H and O–H groups in total. The molecular formula is C10H9F2IO2. The van der Waals surface area contributed by atoms with Crippen molar-refractivity contribution in [1.29, 1.82) is 0 Å². The molecule has 0 saturated carbocycles. The number of alkyl halides is 2. The molecule has 82 valence electrons. The Hall–Kier alpha value is -0.720. The first-order chi connectivity index (χ1) is 6.94. The minimum Gasteiger partial charge on any atom is -0.485 e. The summed E-state index contributed by atoms with van der Waals surface area (Å²) < 4.78 is 30.7. The number of halogens is 3. The van der Waals surface area contributed by atoms with Crippen molar-refractivity contribution in [3.8, 4) is 5.75 Å². The molecule has 0 saturated heterocycles. The van der Waals surface area contributed by atoms with Crippen molar-refractivity contribution in [2.45, 2.75) is 12.8 Å². The van der Waals surface area contributed by atoms with Crippen LogP contribution in [0.1, 0.15) is 17.3 Å². The molecular weight excluding hydrogens is 317 g/mol. The predicted molar refractivity (Wildman–Crippen MR) is 60.7 cm³/mol. The van der Waals surface area contributed by atoms with Crippen LogP contribution < -0.4 is 4.74 Å². The van der Waals surface area contributed by atoms with Crippen molar-refractivity contribution in [1.82, 2.24) is 0 Å². The van der Waals surface area contributed by atoms with E-state index >= 15 is 0 Å². The molecule has 0 bridgehead atoms. The maximum Gasteiger partial charge on any atom is 0.278 e. The lowest BCUT2D eigenvalue weighted by molar-refractivity contribution is -0.0233. The smallest absolute Gasteiger partial charge is 0.278 e. The van der Waals surface area contributed by atoms with Gasteiger partial charge < -0.3 is 4.74 Å². The van der Waals surface area contributed by atoms with E-state index in [1.165, 1.54) is 6.07 Å². The molecule has 2 nitrogen and oxygen atoms in total. The fraction of sp³-hybridized carbons (Fsp3) is 0.300. The van der Waals surface area contributed by atoms with Crippen molar-refractivity contribution in [3.63, 3.8) is 0 Å². The zero-order valence-electron chi connectivity index (χ0n) is 7.97. The van der Waals surface area contributed by atoms with Gasteiger partial charge in [0, 0.05) is 6.92 Å². The second kappa shape index (κ2) is 4.87. The van der Waals surface area contributed by atoms with Gasteiger partial charge in [-0.3, -0.25) is 4.79 Å². The first kappa shape index (κ1) is 12.4. The van der Waals surface area contributed by atoms with Crippen molar-refractivity contribution in [2.75, 3.05) is 6.61 Å². The predicted octanol–water partition coefficient (Wildman–Crippen LogP) is 3.14. The SMILES string of the molecule is CC(F)(F)COc1c(I)cccc1C=O. The van der Waals surface area contributed by atoms with Crippen LogP contribution in [0.2, 0.25) is 0 Å². The molecule has 0 amide bonds. The van der Waals surface area contributed by atoms with E-state index in [-0.39, 0.29) is 11.3 Å². The van der Waals surface area contributed by atoms with Crippen LogP contribution >= 0.6 is 22.6 Å². The Morgan fingerprint density at radius 3 is 2.73 bits per heavy atom. The molecule has 0 spiro atoms. The van der Waals surface area contributed by atoms with Gasteiger partial charge in [-0.05, 0) is 34.7 Å². The highest BCUT2D eigenvalue weighted by atomic mass is 127. The maximum absolute atomic E-state index is 12.6. The van der Waals surface area contributed by atoms with Gasteiger partial charge in [-0.2, -0.15) is 0 Å². The highest BCUT2D eigenvalue weighted by Gasteiger charge is 2.23.